The van der Waals surface area contributed by atoms with Crippen LogP contribution in [0.1, 0.15) is 40.5 Å². The number of pyridine rings is 1. The molecule has 1 aliphatic carbocycles. The molecule has 8 heteroatoms. The van der Waals surface area contributed by atoms with Crippen LogP contribution in [0.25, 0.3) is 16.8 Å². The van der Waals surface area contributed by atoms with E-state index in [1.54, 1.807) is 6.07 Å². The molecule has 1 saturated heterocycles. The molecule has 0 radical (unpaired) electrons. The van der Waals surface area contributed by atoms with E-state index < -0.39 is 11.8 Å². The van der Waals surface area contributed by atoms with Crippen LogP contribution in [0.3, 0.4) is 0 Å². The van der Waals surface area contributed by atoms with E-state index in [2.05, 4.69) is 4.90 Å². The van der Waals surface area contributed by atoms with Gasteiger partial charge in [0.05, 0.1) is 25.9 Å². The third-order valence-corrected chi connectivity index (χ3v) is 5.74. The first-order chi connectivity index (χ1) is 14.5. The normalized spacial score (nSPS) is 16.8. The number of aryl methyl sites for hydroxylation is 1. The van der Waals surface area contributed by atoms with Crippen LogP contribution in [0.2, 0.25) is 0 Å². The van der Waals surface area contributed by atoms with Gasteiger partial charge in [0, 0.05) is 19.0 Å². The lowest BCUT2D eigenvalue weighted by Gasteiger charge is -2.29. The molecule has 1 saturated carbocycles. The maximum absolute atomic E-state index is 14.4. The standard InChI is InChI=1S/C22H23FN4O3/c1-13-9-18(23)17(22(28)29-2)12-16(13)15-10-19-24-21(14-3-4-14)25-27(19)20(11-15)26-5-7-30-8-6-26/h9-12,14H,3-8H2,1-2H3. The maximum Gasteiger partial charge on any atom is 0.340 e. The van der Waals surface area contributed by atoms with Crippen LogP contribution in [0.4, 0.5) is 10.2 Å². The van der Waals surface area contributed by atoms with Crippen molar-refractivity contribution in [1.29, 1.82) is 0 Å². The Balaban J connectivity index is 1.68. The van der Waals surface area contributed by atoms with Crippen LogP contribution in [0, 0.1) is 12.7 Å². The molecule has 3 aromatic rings. The highest BCUT2D eigenvalue weighted by Crippen LogP contribution is 2.39. The summed E-state index contributed by atoms with van der Waals surface area (Å²) in [7, 11) is 1.25. The largest absolute Gasteiger partial charge is 0.465 e. The number of methoxy groups -OCH3 is 1. The van der Waals surface area contributed by atoms with Crippen LogP contribution < -0.4 is 4.90 Å². The van der Waals surface area contributed by atoms with Crippen LogP contribution in [0.15, 0.2) is 24.3 Å². The van der Waals surface area contributed by atoms with E-state index in [0.29, 0.717) is 19.1 Å². The fourth-order valence-corrected chi connectivity index (χ4v) is 3.92. The number of esters is 1. The van der Waals surface area contributed by atoms with Crippen molar-refractivity contribution in [2.75, 3.05) is 38.3 Å². The second-order valence-corrected chi connectivity index (χ2v) is 7.85. The number of anilines is 1. The fourth-order valence-electron chi connectivity index (χ4n) is 3.92. The molecule has 2 aliphatic rings. The summed E-state index contributed by atoms with van der Waals surface area (Å²) in [6, 6.07) is 6.92. The van der Waals surface area contributed by atoms with Crippen molar-refractivity contribution in [3.05, 3.63) is 47.0 Å². The third-order valence-electron chi connectivity index (χ3n) is 5.74. The van der Waals surface area contributed by atoms with Crippen molar-refractivity contribution in [2.45, 2.75) is 25.7 Å². The first-order valence-corrected chi connectivity index (χ1v) is 10.2. The van der Waals surface area contributed by atoms with Gasteiger partial charge in [0.15, 0.2) is 11.5 Å². The number of fused-ring (bicyclic) bond motifs is 1. The minimum atomic E-state index is -0.693. The Labute approximate surface area is 173 Å². The minimum Gasteiger partial charge on any atom is -0.465 e. The number of halogens is 1. The predicted molar refractivity (Wildman–Crippen MR) is 109 cm³/mol. The molecule has 2 fully saturated rings. The van der Waals surface area contributed by atoms with Crippen molar-refractivity contribution in [3.8, 4) is 11.1 Å². The number of carbonyl (C=O) groups excluding carboxylic acids is 1. The molecule has 2 aromatic heterocycles. The monoisotopic (exact) mass is 410 g/mol. The van der Waals surface area contributed by atoms with E-state index >= 15 is 0 Å². The smallest absolute Gasteiger partial charge is 0.340 e. The summed E-state index contributed by atoms with van der Waals surface area (Å²) < 4.78 is 26.5. The molecule has 0 atom stereocenters. The van der Waals surface area contributed by atoms with Gasteiger partial charge in [-0.1, -0.05) is 0 Å². The predicted octanol–water partition coefficient (Wildman–Crippen LogP) is 3.34. The van der Waals surface area contributed by atoms with E-state index in [4.69, 9.17) is 19.6 Å². The lowest BCUT2D eigenvalue weighted by Crippen LogP contribution is -2.37. The highest BCUT2D eigenvalue weighted by atomic mass is 19.1. The highest BCUT2D eigenvalue weighted by Gasteiger charge is 2.29. The van der Waals surface area contributed by atoms with Crippen molar-refractivity contribution >= 4 is 17.4 Å². The maximum atomic E-state index is 14.4. The average Bonchev–Trinajstić information content (AvgIpc) is 3.52. The highest BCUT2D eigenvalue weighted by molar-refractivity contribution is 5.92. The Hall–Kier alpha value is -3.00. The number of hydrogen-bond donors (Lipinski definition) is 0. The number of carbonyl (C=O) groups is 1. The molecule has 0 bridgehead atoms. The lowest BCUT2D eigenvalue weighted by molar-refractivity contribution is 0.0595. The van der Waals surface area contributed by atoms with E-state index in [1.165, 1.54) is 13.2 Å². The van der Waals surface area contributed by atoms with E-state index in [9.17, 15) is 9.18 Å². The molecule has 156 valence electrons. The van der Waals surface area contributed by atoms with E-state index in [0.717, 1.165) is 59.9 Å². The number of aromatic nitrogens is 3. The quantitative estimate of drug-likeness (QED) is 0.615. The molecule has 1 aromatic carbocycles. The number of morpholine rings is 1. The molecule has 7 nitrogen and oxygen atoms in total. The number of benzene rings is 1. The third kappa shape index (κ3) is 3.31. The van der Waals surface area contributed by atoms with Gasteiger partial charge in [0.25, 0.3) is 0 Å². The molecule has 30 heavy (non-hydrogen) atoms. The lowest BCUT2D eigenvalue weighted by atomic mass is 9.98. The van der Waals surface area contributed by atoms with Gasteiger partial charge in [-0.25, -0.2) is 14.2 Å². The average molecular weight is 410 g/mol. The summed E-state index contributed by atoms with van der Waals surface area (Å²) >= 11 is 0. The SMILES string of the molecule is COC(=O)c1cc(-c2cc(N3CCOCC3)n3nc(C4CC4)nc3c2)c(C)cc1F. The minimum absolute atomic E-state index is 0.0777. The van der Waals surface area contributed by atoms with Gasteiger partial charge < -0.3 is 14.4 Å². The van der Waals surface area contributed by atoms with Crippen molar-refractivity contribution in [3.63, 3.8) is 0 Å². The number of ether oxygens (including phenoxy) is 2. The van der Waals surface area contributed by atoms with E-state index in [-0.39, 0.29) is 5.56 Å². The molecule has 0 N–H and O–H groups in total. The number of rotatable bonds is 4. The van der Waals surface area contributed by atoms with E-state index in [1.807, 2.05) is 23.6 Å². The molecule has 0 spiro atoms. The van der Waals surface area contributed by atoms with Crippen LogP contribution >= 0.6 is 0 Å². The van der Waals surface area contributed by atoms with Crippen LogP contribution in [-0.2, 0) is 9.47 Å². The number of hydrogen-bond acceptors (Lipinski definition) is 6. The fraction of sp³-hybridized carbons (Fsp3) is 0.409. The Bertz CT molecular complexity index is 1130. The second-order valence-electron chi connectivity index (χ2n) is 7.85. The molecule has 1 aliphatic heterocycles. The molecule has 3 heterocycles. The van der Waals surface area contributed by atoms with Crippen LogP contribution in [-0.4, -0.2) is 54.0 Å². The second kappa shape index (κ2) is 7.36. The summed E-state index contributed by atoms with van der Waals surface area (Å²) in [6.07, 6.45) is 2.24. The van der Waals surface area contributed by atoms with Crippen molar-refractivity contribution < 1.29 is 18.7 Å². The molecular weight excluding hydrogens is 387 g/mol. The van der Waals surface area contributed by atoms with Crippen molar-refractivity contribution in [2.24, 2.45) is 0 Å². The Morgan fingerprint density at radius 1 is 1.20 bits per heavy atom. The van der Waals surface area contributed by atoms with Gasteiger partial charge in [-0.2, -0.15) is 4.52 Å². The topological polar surface area (TPSA) is 69.0 Å². The van der Waals surface area contributed by atoms with Gasteiger partial charge in [-0.05, 0) is 60.7 Å². The molecular formula is C22H23FN4O3. The summed E-state index contributed by atoms with van der Waals surface area (Å²) in [5.74, 6) is 0.948. The first kappa shape index (κ1) is 19.0. The molecule has 0 amide bonds. The van der Waals surface area contributed by atoms with Gasteiger partial charge in [-0.15, -0.1) is 5.10 Å². The molecule has 5 rings (SSSR count). The van der Waals surface area contributed by atoms with Gasteiger partial charge in [0.1, 0.15) is 11.6 Å². The van der Waals surface area contributed by atoms with Gasteiger partial charge >= 0.3 is 5.97 Å². The zero-order chi connectivity index (χ0) is 20.8. The summed E-state index contributed by atoms with van der Waals surface area (Å²) in [4.78, 5) is 19.0. The van der Waals surface area contributed by atoms with Gasteiger partial charge in [-0.3, -0.25) is 0 Å². The summed E-state index contributed by atoms with van der Waals surface area (Å²) in [6.45, 7) is 4.65. The van der Waals surface area contributed by atoms with Gasteiger partial charge in [0.2, 0.25) is 0 Å². The Morgan fingerprint density at radius 3 is 2.67 bits per heavy atom. The summed E-state index contributed by atoms with van der Waals surface area (Å²) in [5.41, 5.74) is 3.04. The summed E-state index contributed by atoms with van der Waals surface area (Å²) in [5, 5.41) is 4.77. The Morgan fingerprint density at radius 2 is 1.97 bits per heavy atom. The number of nitrogens with zero attached hydrogens (tertiary/aromatic N) is 4. The zero-order valence-electron chi connectivity index (χ0n) is 17.0. The van der Waals surface area contributed by atoms with Crippen molar-refractivity contribution in [1.82, 2.24) is 14.6 Å². The van der Waals surface area contributed by atoms with Crippen LogP contribution in [0.5, 0.6) is 0 Å². The molecule has 0 unspecified atom stereocenters. The first-order valence-electron chi connectivity index (χ1n) is 10.2. The zero-order valence-corrected chi connectivity index (χ0v) is 17.0. The Kier molecular flexibility index (Phi) is 4.66.